The van der Waals surface area contributed by atoms with Crippen LogP contribution in [0.5, 0.6) is 0 Å². The Balaban J connectivity index is 2.25. The number of rotatable bonds is 0. The van der Waals surface area contributed by atoms with Crippen LogP contribution in [0.1, 0.15) is 0 Å². The maximum atomic E-state index is 6.08. The van der Waals surface area contributed by atoms with Crippen LogP contribution in [0.2, 0.25) is 10.4 Å². The zero-order valence-electron chi connectivity index (χ0n) is 9.52. The van der Waals surface area contributed by atoms with Crippen LogP contribution < -0.4 is 0 Å². The molecule has 0 fully saturated rings. The molecule has 0 N–H and O–H groups in total. The fourth-order valence-electron chi connectivity index (χ4n) is 2.28. The third-order valence-electron chi connectivity index (χ3n) is 3.12. The summed E-state index contributed by atoms with van der Waals surface area (Å²) in [7, 11) is 0. The first-order valence-corrected chi connectivity index (χ1v) is 6.42. The van der Waals surface area contributed by atoms with Gasteiger partial charge in [-0.1, -0.05) is 29.8 Å². The van der Waals surface area contributed by atoms with Crippen molar-refractivity contribution >= 4 is 56.0 Å². The second-order valence-electron chi connectivity index (χ2n) is 4.25. The summed E-state index contributed by atoms with van der Waals surface area (Å²) in [5.74, 6) is 0. The lowest BCUT2D eigenvalue weighted by molar-refractivity contribution is 0.669. The first kappa shape index (κ1) is 11.0. The van der Waals surface area contributed by atoms with Gasteiger partial charge in [-0.05, 0) is 29.8 Å². The lowest BCUT2D eigenvalue weighted by atomic mass is 10.1. The van der Waals surface area contributed by atoms with Crippen molar-refractivity contribution in [2.24, 2.45) is 0 Å². The summed E-state index contributed by atoms with van der Waals surface area (Å²) in [6.45, 7) is 0. The van der Waals surface area contributed by atoms with E-state index in [0.29, 0.717) is 10.7 Å². The van der Waals surface area contributed by atoms with Crippen molar-refractivity contribution in [1.29, 1.82) is 0 Å². The van der Waals surface area contributed by atoms with E-state index in [1.54, 1.807) is 0 Å². The molecule has 0 radical (unpaired) electrons. The van der Waals surface area contributed by atoms with Gasteiger partial charge in [0.25, 0.3) is 0 Å². The van der Waals surface area contributed by atoms with Crippen molar-refractivity contribution in [3.63, 3.8) is 0 Å². The van der Waals surface area contributed by atoms with Gasteiger partial charge in [-0.15, -0.1) is 0 Å². The topological polar surface area (TPSA) is 38.9 Å². The Morgan fingerprint density at radius 1 is 0.842 bits per heavy atom. The van der Waals surface area contributed by atoms with Crippen LogP contribution >= 0.6 is 23.2 Å². The van der Waals surface area contributed by atoms with Crippen molar-refractivity contribution in [2.45, 2.75) is 0 Å². The highest BCUT2D eigenvalue weighted by Crippen LogP contribution is 2.33. The van der Waals surface area contributed by atoms with Gasteiger partial charge in [0.05, 0.1) is 5.52 Å². The second kappa shape index (κ2) is 3.83. The normalized spacial score (nSPS) is 11.7. The maximum absolute atomic E-state index is 6.08. The fraction of sp³-hybridized carbons (Fsp3) is 0. The molecule has 2 heterocycles. The van der Waals surface area contributed by atoms with E-state index in [2.05, 4.69) is 9.97 Å². The standard InChI is InChI=1S/C14H6Cl2N2O/c15-13-9-6-12-8(5-10(9)17-14(16)18-13)7-3-1-2-4-11(7)19-12/h1-6H. The molecular weight excluding hydrogens is 283 g/mol. The molecule has 4 aromatic rings. The lowest BCUT2D eigenvalue weighted by Gasteiger charge is -2.00. The minimum atomic E-state index is 0.143. The molecule has 0 amide bonds. The highest BCUT2D eigenvalue weighted by molar-refractivity contribution is 6.36. The quantitative estimate of drug-likeness (QED) is 0.343. The van der Waals surface area contributed by atoms with E-state index < -0.39 is 0 Å². The van der Waals surface area contributed by atoms with Crippen molar-refractivity contribution < 1.29 is 4.42 Å². The average Bonchev–Trinajstić information content (AvgIpc) is 2.74. The Labute approximate surface area is 117 Å². The molecule has 0 aliphatic heterocycles. The van der Waals surface area contributed by atoms with Gasteiger partial charge in [0.15, 0.2) is 0 Å². The van der Waals surface area contributed by atoms with Crippen LogP contribution in [0.25, 0.3) is 32.8 Å². The van der Waals surface area contributed by atoms with Crippen molar-refractivity contribution in [2.75, 3.05) is 0 Å². The highest BCUT2D eigenvalue weighted by atomic mass is 35.5. The van der Waals surface area contributed by atoms with Crippen LogP contribution in [0.15, 0.2) is 40.8 Å². The number of nitrogens with zero attached hydrogens (tertiary/aromatic N) is 2. The Bertz CT molecular complexity index is 946. The summed E-state index contributed by atoms with van der Waals surface area (Å²) in [6.07, 6.45) is 0. The third kappa shape index (κ3) is 1.59. The summed E-state index contributed by atoms with van der Waals surface area (Å²) < 4.78 is 5.80. The second-order valence-corrected chi connectivity index (χ2v) is 4.94. The predicted molar refractivity (Wildman–Crippen MR) is 76.8 cm³/mol. The van der Waals surface area contributed by atoms with Crippen LogP contribution in [0.3, 0.4) is 0 Å². The Kier molecular flexibility index (Phi) is 2.22. The van der Waals surface area contributed by atoms with E-state index in [-0.39, 0.29) is 5.28 Å². The molecule has 0 saturated heterocycles. The molecule has 0 unspecified atom stereocenters. The van der Waals surface area contributed by atoms with E-state index in [4.69, 9.17) is 27.6 Å². The van der Waals surface area contributed by atoms with Gasteiger partial charge < -0.3 is 4.42 Å². The summed E-state index contributed by atoms with van der Waals surface area (Å²) in [4.78, 5) is 8.14. The molecule has 2 aromatic heterocycles. The van der Waals surface area contributed by atoms with E-state index in [1.165, 1.54) is 0 Å². The molecule has 4 rings (SSSR count). The van der Waals surface area contributed by atoms with Crippen LogP contribution in [0.4, 0.5) is 0 Å². The number of hydrogen-bond acceptors (Lipinski definition) is 3. The van der Waals surface area contributed by atoms with Gasteiger partial charge in [0.2, 0.25) is 5.28 Å². The molecule has 0 spiro atoms. The number of benzene rings is 2. The molecular formula is C14H6Cl2N2O. The van der Waals surface area contributed by atoms with Gasteiger partial charge >= 0.3 is 0 Å². The fourth-order valence-corrected chi connectivity index (χ4v) is 2.73. The Morgan fingerprint density at radius 2 is 1.68 bits per heavy atom. The Morgan fingerprint density at radius 3 is 2.58 bits per heavy atom. The third-order valence-corrected chi connectivity index (χ3v) is 3.58. The number of hydrogen-bond donors (Lipinski definition) is 0. The molecule has 0 bridgehead atoms. The van der Waals surface area contributed by atoms with E-state index in [0.717, 1.165) is 27.3 Å². The minimum Gasteiger partial charge on any atom is -0.456 e. The zero-order valence-corrected chi connectivity index (χ0v) is 11.0. The molecule has 0 aliphatic rings. The lowest BCUT2D eigenvalue weighted by Crippen LogP contribution is -1.86. The smallest absolute Gasteiger partial charge is 0.224 e. The first-order chi connectivity index (χ1) is 9.22. The van der Waals surface area contributed by atoms with E-state index >= 15 is 0 Å². The summed E-state index contributed by atoms with van der Waals surface area (Å²) in [6, 6.07) is 11.6. The monoisotopic (exact) mass is 288 g/mol. The Hall–Kier alpha value is -1.84. The molecule has 5 heteroatoms. The number of halogens is 2. The van der Waals surface area contributed by atoms with Crippen LogP contribution in [-0.4, -0.2) is 9.97 Å². The molecule has 2 aromatic carbocycles. The minimum absolute atomic E-state index is 0.143. The van der Waals surface area contributed by atoms with Gasteiger partial charge in [-0.25, -0.2) is 9.97 Å². The summed E-state index contributed by atoms with van der Waals surface area (Å²) >= 11 is 11.9. The van der Waals surface area contributed by atoms with Crippen molar-refractivity contribution in [1.82, 2.24) is 9.97 Å². The number of aromatic nitrogens is 2. The summed E-state index contributed by atoms with van der Waals surface area (Å²) in [5.41, 5.74) is 2.31. The van der Waals surface area contributed by atoms with Crippen LogP contribution in [0, 0.1) is 0 Å². The molecule has 0 aliphatic carbocycles. The number of para-hydroxylation sites is 1. The van der Waals surface area contributed by atoms with Gasteiger partial charge in [-0.2, -0.15) is 0 Å². The average molecular weight is 289 g/mol. The molecule has 19 heavy (non-hydrogen) atoms. The number of fused-ring (bicyclic) bond motifs is 4. The van der Waals surface area contributed by atoms with Crippen LogP contribution in [-0.2, 0) is 0 Å². The van der Waals surface area contributed by atoms with Crippen molar-refractivity contribution in [3.05, 3.63) is 46.8 Å². The van der Waals surface area contributed by atoms with Gasteiger partial charge in [-0.3, -0.25) is 0 Å². The largest absolute Gasteiger partial charge is 0.456 e. The number of furan rings is 1. The molecule has 3 nitrogen and oxygen atoms in total. The predicted octanol–water partition coefficient (Wildman–Crippen LogP) is 4.84. The summed E-state index contributed by atoms with van der Waals surface area (Å²) in [5, 5.41) is 3.25. The van der Waals surface area contributed by atoms with Gasteiger partial charge in [0.1, 0.15) is 16.3 Å². The van der Waals surface area contributed by atoms with E-state index in [9.17, 15) is 0 Å². The maximum Gasteiger partial charge on any atom is 0.224 e. The van der Waals surface area contributed by atoms with Crippen molar-refractivity contribution in [3.8, 4) is 0 Å². The zero-order chi connectivity index (χ0) is 13.0. The SMILES string of the molecule is Clc1nc(Cl)c2cc3oc4ccccc4c3cc2n1. The molecule has 0 atom stereocenters. The molecule has 92 valence electrons. The van der Waals surface area contributed by atoms with Gasteiger partial charge in [0, 0.05) is 16.2 Å². The highest BCUT2D eigenvalue weighted by Gasteiger charge is 2.11. The first-order valence-electron chi connectivity index (χ1n) is 5.66. The molecule has 0 saturated carbocycles. The van der Waals surface area contributed by atoms with E-state index in [1.807, 2.05) is 36.4 Å².